The van der Waals surface area contributed by atoms with Crippen molar-refractivity contribution in [2.24, 2.45) is 0 Å². The van der Waals surface area contributed by atoms with Gasteiger partial charge in [0.2, 0.25) is 0 Å². The minimum Gasteiger partial charge on any atom is -0.317 e. The Morgan fingerprint density at radius 1 is 1.05 bits per heavy atom. The zero-order chi connectivity index (χ0) is 14.1. The molecule has 1 nitrogen and oxygen atoms in total. The van der Waals surface area contributed by atoms with Crippen molar-refractivity contribution in [2.45, 2.75) is 57.9 Å². The first-order valence-corrected chi connectivity index (χ1v) is 7.28. The third-order valence-corrected chi connectivity index (χ3v) is 3.53. The highest BCUT2D eigenvalue weighted by molar-refractivity contribution is 5.18. The number of rotatable bonds is 9. The Labute approximate surface area is 115 Å². The quantitative estimate of drug-likeness (QED) is 0.653. The molecule has 0 amide bonds. The lowest BCUT2D eigenvalue weighted by Crippen LogP contribution is -2.27. The van der Waals surface area contributed by atoms with Gasteiger partial charge in [0.1, 0.15) is 0 Å². The molecule has 1 atom stereocenters. The first-order valence-electron chi connectivity index (χ1n) is 7.28. The number of hydrogen-bond donors (Lipinski definition) is 1. The van der Waals surface area contributed by atoms with Crippen molar-refractivity contribution < 1.29 is 8.78 Å². The zero-order valence-electron chi connectivity index (χ0n) is 12.0. The van der Waals surface area contributed by atoms with Crippen molar-refractivity contribution in [2.75, 3.05) is 7.05 Å². The first-order chi connectivity index (χ1) is 9.17. The maximum atomic E-state index is 13.1. The Kier molecular flexibility index (Phi) is 7.65. The molecule has 19 heavy (non-hydrogen) atoms. The van der Waals surface area contributed by atoms with E-state index in [4.69, 9.17) is 0 Å². The van der Waals surface area contributed by atoms with E-state index in [1.54, 1.807) is 6.07 Å². The highest BCUT2D eigenvalue weighted by Crippen LogP contribution is 2.14. The molecule has 0 aliphatic heterocycles. The van der Waals surface area contributed by atoms with Crippen molar-refractivity contribution in [3.05, 3.63) is 35.4 Å². The molecule has 0 spiro atoms. The van der Waals surface area contributed by atoms with Crippen LogP contribution in [0.2, 0.25) is 0 Å². The minimum absolute atomic E-state index is 0.339. The van der Waals surface area contributed by atoms with Gasteiger partial charge in [-0.1, -0.05) is 45.1 Å². The SMILES string of the molecule is CCCCCCCC(Cc1ccc(F)c(F)c1)NC. The van der Waals surface area contributed by atoms with Crippen LogP contribution in [0.5, 0.6) is 0 Å². The van der Waals surface area contributed by atoms with E-state index in [2.05, 4.69) is 12.2 Å². The van der Waals surface area contributed by atoms with E-state index in [0.29, 0.717) is 6.04 Å². The second-order valence-electron chi connectivity index (χ2n) is 5.14. The fourth-order valence-electron chi connectivity index (χ4n) is 2.29. The summed E-state index contributed by atoms with van der Waals surface area (Å²) < 4.78 is 26.0. The summed E-state index contributed by atoms with van der Waals surface area (Å²) >= 11 is 0. The monoisotopic (exact) mass is 269 g/mol. The van der Waals surface area contributed by atoms with Crippen LogP contribution in [0.15, 0.2) is 18.2 Å². The Morgan fingerprint density at radius 3 is 2.42 bits per heavy atom. The maximum absolute atomic E-state index is 13.1. The van der Waals surface area contributed by atoms with Gasteiger partial charge in [0.25, 0.3) is 0 Å². The lowest BCUT2D eigenvalue weighted by Gasteiger charge is -2.16. The second kappa shape index (κ2) is 9.03. The molecule has 0 radical (unpaired) electrons. The van der Waals surface area contributed by atoms with Crippen molar-refractivity contribution in [1.29, 1.82) is 0 Å². The van der Waals surface area contributed by atoms with Crippen LogP contribution in [-0.4, -0.2) is 13.1 Å². The van der Waals surface area contributed by atoms with Gasteiger partial charge >= 0.3 is 0 Å². The maximum Gasteiger partial charge on any atom is 0.159 e. The first kappa shape index (κ1) is 16.1. The molecule has 1 unspecified atom stereocenters. The van der Waals surface area contributed by atoms with Gasteiger partial charge in [0.05, 0.1) is 0 Å². The molecule has 0 saturated heterocycles. The van der Waals surface area contributed by atoms with Crippen LogP contribution in [0.4, 0.5) is 8.78 Å². The average molecular weight is 269 g/mol. The highest BCUT2D eigenvalue weighted by atomic mass is 19.2. The molecule has 0 aliphatic carbocycles. The Bertz CT molecular complexity index is 366. The normalized spacial score (nSPS) is 12.6. The Morgan fingerprint density at radius 2 is 1.79 bits per heavy atom. The molecule has 1 N–H and O–H groups in total. The van der Waals surface area contributed by atoms with Crippen LogP contribution in [-0.2, 0) is 6.42 Å². The van der Waals surface area contributed by atoms with E-state index in [0.717, 1.165) is 18.4 Å². The summed E-state index contributed by atoms with van der Waals surface area (Å²) in [6.07, 6.45) is 8.12. The van der Waals surface area contributed by atoms with Crippen molar-refractivity contribution in [3.8, 4) is 0 Å². The van der Waals surface area contributed by atoms with Gasteiger partial charge in [-0.3, -0.25) is 0 Å². The van der Waals surface area contributed by atoms with Gasteiger partial charge in [-0.25, -0.2) is 8.78 Å². The second-order valence-corrected chi connectivity index (χ2v) is 5.14. The summed E-state index contributed by atoms with van der Waals surface area (Å²) in [5.74, 6) is -1.53. The number of unbranched alkanes of at least 4 members (excludes halogenated alkanes) is 4. The number of hydrogen-bond acceptors (Lipinski definition) is 1. The predicted octanol–water partition coefficient (Wildman–Crippen LogP) is 4.46. The molecule has 1 rings (SSSR count). The molecule has 0 aliphatic rings. The molecular formula is C16H25F2N. The summed E-state index contributed by atoms with van der Waals surface area (Å²) in [4.78, 5) is 0. The van der Waals surface area contributed by atoms with E-state index in [1.807, 2.05) is 7.05 Å². The number of halogens is 2. The van der Waals surface area contributed by atoms with Crippen molar-refractivity contribution >= 4 is 0 Å². The third-order valence-electron chi connectivity index (χ3n) is 3.53. The predicted molar refractivity (Wildman–Crippen MR) is 76.3 cm³/mol. The van der Waals surface area contributed by atoms with Crippen LogP contribution in [0.1, 0.15) is 51.0 Å². The zero-order valence-corrected chi connectivity index (χ0v) is 12.0. The molecule has 0 fully saturated rings. The highest BCUT2D eigenvalue weighted by Gasteiger charge is 2.09. The molecule has 3 heteroatoms. The molecule has 0 heterocycles. The molecule has 1 aromatic carbocycles. The average Bonchev–Trinajstić information content (AvgIpc) is 2.41. The summed E-state index contributed by atoms with van der Waals surface area (Å²) in [6.45, 7) is 2.21. The summed E-state index contributed by atoms with van der Waals surface area (Å²) in [6, 6.07) is 4.52. The van der Waals surface area contributed by atoms with Gasteiger partial charge in [-0.15, -0.1) is 0 Å². The molecular weight excluding hydrogens is 244 g/mol. The van der Waals surface area contributed by atoms with Crippen LogP contribution in [0.25, 0.3) is 0 Å². The standard InChI is InChI=1S/C16H25F2N/c1-3-4-5-6-7-8-14(19-2)11-13-9-10-15(17)16(18)12-13/h9-10,12,14,19H,3-8,11H2,1-2H3. The third kappa shape index (κ3) is 6.15. The van der Waals surface area contributed by atoms with Gasteiger partial charge in [0.15, 0.2) is 11.6 Å². The summed E-state index contributed by atoms with van der Waals surface area (Å²) in [7, 11) is 1.93. The van der Waals surface area contributed by atoms with E-state index in [-0.39, 0.29) is 0 Å². The van der Waals surface area contributed by atoms with Crippen LogP contribution >= 0.6 is 0 Å². The molecule has 108 valence electrons. The van der Waals surface area contributed by atoms with Gasteiger partial charge < -0.3 is 5.32 Å². The van der Waals surface area contributed by atoms with Crippen LogP contribution in [0, 0.1) is 11.6 Å². The van der Waals surface area contributed by atoms with E-state index < -0.39 is 11.6 Å². The lowest BCUT2D eigenvalue weighted by atomic mass is 10.00. The summed E-state index contributed by atoms with van der Waals surface area (Å²) in [5, 5.41) is 3.26. The fraction of sp³-hybridized carbons (Fsp3) is 0.625. The number of likely N-dealkylation sites (N-methyl/N-ethyl adjacent to an activating group) is 1. The lowest BCUT2D eigenvalue weighted by molar-refractivity contribution is 0.476. The Balaban J connectivity index is 2.36. The minimum atomic E-state index is -0.774. The molecule has 1 aromatic rings. The number of nitrogens with one attached hydrogen (secondary N) is 1. The van der Waals surface area contributed by atoms with Crippen LogP contribution < -0.4 is 5.32 Å². The van der Waals surface area contributed by atoms with Crippen molar-refractivity contribution in [3.63, 3.8) is 0 Å². The molecule has 0 saturated carbocycles. The van der Waals surface area contributed by atoms with E-state index >= 15 is 0 Å². The molecule has 0 bridgehead atoms. The topological polar surface area (TPSA) is 12.0 Å². The Hall–Kier alpha value is -0.960. The van der Waals surface area contributed by atoms with Gasteiger partial charge in [-0.2, -0.15) is 0 Å². The smallest absolute Gasteiger partial charge is 0.159 e. The fourth-order valence-corrected chi connectivity index (χ4v) is 2.29. The van der Waals surface area contributed by atoms with Crippen LogP contribution in [0.3, 0.4) is 0 Å². The number of benzene rings is 1. The summed E-state index contributed by atoms with van der Waals surface area (Å²) in [5.41, 5.74) is 0.854. The van der Waals surface area contributed by atoms with E-state index in [1.165, 1.54) is 44.2 Å². The van der Waals surface area contributed by atoms with E-state index in [9.17, 15) is 8.78 Å². The van der Waals surface area contributed by atoms with Gasteiger partial charge in [0, 0.05) is 6.04 Å². The van der Waals surface area contributed by atoms with Gasteiger partial charge in [-0.05, 0) is 37.6 Å². The largest absolute Gasteiger partial charge is 0.317 e. The van der Waals surface area contributed by atoms with Crippen molar-refractivity contribution in [1.82, 2.24) is 5.32 Å². The molecule has 0 aromatic heterocycles.